The summed E-state index contributed by atoms with van der Waals surface area (Å²) < 4.78 is 16.1. The molecule has 2 aromatic carbocycles. The van der Waals surface area contributed by atoms with Crippen LogP contribution in [-0.4, -0.2) is 45.1 Å². The van der Waals surface area contributed by atoms with Gasteiger partial charge in [0, 0.05) is 7.05 Å². The van der Waals surface area contributed by atoms with Crippen molar-refractivity contribution in [1.29, 1.82) is 0 Å². The molecule has 2 amide bonds. The molecule has 3 rings (SSSR count). The Balaban J connectivity index is 2.14. The fourth-order valence-corrected chi connectivity index (χ4v) is 3.03. The van der Waals surface area contributed by atoms with E-state index >= 15 is 0 Å². The lowest BCUT2D eigenvalue weighted by molar-refractivity contribution is -0.134. The van der Waals surface area contributed by atoms with Crippen LogP contribution in [0.25, 0.3) is 12.2 Å². The SMILES string of the molecule is COc1cc(/C=C2/C(=O)N(C)C(=O)/C2=C/c2ccccc2)cc(OC)c1OC. The number of benzene rings is 2. The lowest BCUT2D eigenvalue weighted by Crippen LogP contribution is -2.24. The first-order valence-electron chi connectivity index (χ1n) is 8.61. The van der Waals surface area contributed by atoms with Crippen molar-refractivity contribution in [3.8, 4) is 17.2 Å². The third-order valence-electron chi connectivity index (χ3n) is 4.47. The molecule has 6 heteroatoms. The molecule has 1 saturated heterocycles. The van der Waals surface area contributed by atoms with Crippen molar-refractivity contribution in [3.05, 3.63) is 64.7 Å². The second-order valence-electron chi connectivity index (χ2n) is 6.15. The maximum absolute atomic E-state index is 12.7. The van der Waals surface area contributed by atoms with E-state index in [1.54, 1.807) is 24.3 Å². The first-order chi connectivity index (χ1) is 13.5. The van der Waals surface area contributed by atoms with Gasteiger partial charge >= 0.3 is 0 Å². The summed E-state index contributed by atoms with van der Waals surface area (Å²) in [5.41, 5.74) is 2.14. The predicted molar refractivity (Wildman–Crippen MR) is 106 cm³/mol. The van der Waals surface area contributed by atoms with Crippen LogP contribution in [0, 0.1) is 0 Å². The number of nitrogens with zero attached hydrogens (tertiary/aromatic N) is 1. The van der Waals surface area contributed by atoms with Crippen molar-refractivity contribution < 1.29 is 23.8 Å². The first kappa shape index (κ1) is 19.2. The molecule has 0 spiro atoms. The van der Waals surface area contributed by atoms with Crippen LogP contribution in [0.15, 0.2) is 53.6 Å². The van der Waals surface area contributed by atoms with Gasteiger partial charge in [0.2, 0.25) is 5.75 Å². The number of rotatable bonds is 5. The molecule has 6 nitrogen and oxygen atoms in total. The minimum absolute atomic E-state index is 0.311. The number of ether oxygens (including phenoxy) is 3. The molecule has 1 aliphatic heterocycles. The minimum atomic E-state index is -0.360. The van der Waals surface area contributed by atoms with E-state index < -0.39 is 0 Å². The summed E-state index contributed by atoms with van der Waals surface area (Å²) in [6.07, 6.45) is 3.37. The summed E-state index contributed by atoms with van der Waals surface area (Å²) >= 11 is 0. The van der Waals surface area contributed by atoms with Crippen LogP contribution in [0.3, 0.4) is 0 Å². The summed E-state index contributed by atoms with van der Waals surface area (Å²) in [6.45, 7) is 0. The first-order valence-corrected chi connectivity index (χ1v) is 8.61. The van der Waals surface area contributed by atoms with Crippen LogP contribution in [0.2, 0.25) is 0 Å². The van der Waals surface area contributed by atoms with Gasteiger partial charge in [-0.3, -0.25) is 14.5 Å². The van der Waals surface area contributed by atoms with E-state index in [1.165, 1.54) is 28.4 Å². The normalized spacial score (nSPS) is 16.8. The summed E-state index contributed by atoms with van der Waals surface area (Å²) in [6, 6.07) is 12.8. The summed E-state index contributed by atoms with van der Waals surface area (Å²) in [7, 11) is 6.03. The number of carbonyl (C=O) groups excluding carboxylic acids is 2. The zero-order valence-corrected chi connectivity index (χ0v) is 16.2. The number of hydrogen-bond donors (Lipinski definition) is 0. The number of likely N-dealkylation sites (N-methyl/N-ethyl adjacent to an activating group) is 1. The number of hydrogen-bond acceptors (Lipinski definition) is 5. The fourth-order valence-electron chi connectivity index (χ4n) is 3.03. The van der Waals surface area contributed by atoms with Gasteiger partial charge in [-0.2, -0.15) is 0 Å². The smallest absolute Gasteiger partial charge is 0.261 e. The molecule has 0 atom stereocenters. The number of imide groups is 1. The van der Waals surface area contributed by atoms with E-state index in [0.717, 1.165) is 10.5 Å². The fraction of sp³-hybridized carbons (Fsp3) is 0.182. The Morgan fingerprint density at radius 3 is 1.71 bits per heavy atom. The summed E-state index contributed by atoms with van der Waals surface area (Å²) in [5, 5.41) is 0. The van der Waals surface area contributed by atoms with Gasteiger partial charge in [0.25, 0.3) is 11.8 Å². The van der Waals surface area contributed by atoms with Gasteiger partial charge in [0.1, 0.15) is 0 Å². The number of methoxy groups -OCH3 is 3. The molecular formula is C22H21NO5. The molecule has 0 unspecified atom stereocenters. The van der Waals surface area contributed by atoms with Crippen molar-refractivity contribution in [2.75, 3.05) is 28.4 Å². The van der Waals surface area contributed by atoms with Crippen molar-refractivity contribution in [2.24, 2.45) is 0 Å². The van der Waals surface area contributed by atoms with Gasteiger partial charge in [0.15, 0.2) is 11.5 Å². The Hall–Kier alpha value is -3.54. The lowest BCUT2D eigenvalue weighted by Gasteiger charge is -2.13. The van der Waals surface area contributed by atoms with E-state index in [9.17, 15) is 9.59 Å². The van der Waals surface area contributed by atoms with E-state index in [-0.39, 0.29) is 11.8 Å². The molecule has 1 aliphatic rings. The summed E-state index contributed by atoms with van der Waals surface area (Å²) in [5.74, 6) is 0.687. The molecule has 1 fully saturated rings. The van der Waals surface area contributed by atoms with Crippen LogP contribution in [0.4, 0.5) is 0 Å². The minimum Gasteiger partial charge on any atom is -0.493 e. The highest BCUT2D eigenvalue weighted by atomic mass is 16.5. The average Bonchev–Trinajstić information content (AvgIpc) is 2.92. The highest BCUT2D eigenvalue weighted by molar-refractivity contribution is 6.28. The summed E-state index contributed by atoms with van der Waals surface area (Å²) in [4.78, 5) is 26.4. The maximum Gasteiger partial charge on any atom is 0.261 e. The molecule has 144 valence electrons. The Kier molecular flexibility index (Phi) is 5.49. The van der Waals surface area contributed by atoms with E-state index in [0.29, 0.717) is 34.0 Å². The largest absolute Gasteiger partial charge is 0.493 e. The Morgan fingerprint density at radius 1 is 0.750 bits per heavy atom. The molecule has 0 radical (unpaired) electrons. The van der Waals surface area contributed by atoms with Crippen molar-refractivity contribution in [2.45, 2.75) is 0 Å². The molecule has 0 bridgehead atoms. The highest BCUT2D eigenvalue weighted by Crippen LogP contribution is 2.39. The zero-order chi connectivity index (χ0) is 20.3. The van der Waals surface area contributed by atoms with Crippen molar-refractivity contribution in [3.63, 3.8) is 0 Å². The van der Waals surface area contributed by atoms with Crippen LogP contribution in [0.5, 0.6) is 17.2 Å². The van der Waals surface area contributed by atoms with Crippen LogP contribution in [0.1, 0.15) is 11.1 Å². The third-order valence-corrected chi connectivity index (χ3v) is 4.47. The van der Waals surface area contributed by atoms with E-state index in [4.69, 9.17) is 14.2 Å². The molecule has 0 saturated carbocycles. The molecule has 28 heavy (non-hydrogen) atoms. The molecule has 0 aliphatic carbocycles. The number of likely N-dealkylation sites (tertiary alicyclic amines) is 1. The second kappa shape index (κ2) is 8.00. The molecule has 0 N–H and O–H groups in total. The van der Waals surface area contributed by atoms with Crippen LogP contribution < -0.4 is 14.2 Å². The number of amides is 2. The predicted octanol–water partition coefficient (Wildman–Crippen LogP) is 3.18. The van der Waals surface area contributed by atoms with Crippen LogP contribution >= 0.6 is 0 Å². The van der Waals surface area contributed by atoms with E-state index in [2.05, 4.69) is 0 Å². The monoisotopic (exact) mass is 379 g/mol. The highest BCUT2D eigenvalue weighted by Gasteiger charge is 2.36. The average molecular weight is 379 g/mol. The Morgan fingerprint density at radius 2 is 1.25 bits per heavy atom. The van der Waals surface area contributed by atoms with Crippen molar-refractivity contribution >= 4 is 24.0 Å². The van der Waals surface area contributed by atoms with Gasteiger partial charge in [-0.25, -0.2) is 0 Å². The molecule has 0 aromatic heterocycles. The van der Waals surface area contributed by atoms with Crippen molar-refractivity contribution in [1.82, 2.24) is 4.90 Å². The zero-order valence-electron chi connectivity index (χ0n) is 16.2. The quantitative estimate of drug-likeness (QED) is 0.590. The molecule has 1 heterocycles. The molecular weight excluding hydrogens is 358 g/mol. The Labute approximate surface area is 163 Å². The van der Waals surface area contributed by atoms with Gasteiger partial charge in [-0.05, 0) is 35.4 Å². The second-order valence-corrected chi connectivity index (χ2v) is 6.15. The van der Waals surface area contributed by atoms with Gasteiger partial charge in [0.05, 0.1) is 32.5 Å². The van der Waals surface area contributed by atoms with Gasteiger partial charge in [-0.1, -0.05) is 30.3 Å². The van der Waals surface area contributed by atoms with Gasteiger partial charge < -0.3 is 14.2 Å². The lowest BCUT2D eigenvalue weighted by atomic mass is 10.0. The maximum atomic E-state index is 12.7. The topological polar surface area (TPSA) is 65.1 Å². The Bertz CT molecular complexity index is 951. The van der Waals surface area contributed by atoms with Crippen LogP contribution in [-0.2, 0) is 9.59 Å². The van der Waals surface area contributed by atoms with Gasteiger partial charge in [-0.15, -0.1) is 0 Å². The number of carbonyl (C=O) groups is 2. The molecule has 2 aromatic rings. The van der Waals surface area contributed by atoms with E-state index in [1.807, 2.05) is 30.3 Å². The third kappa shape index (κ3) is 3.49. The standard InChI is InChI=1S/C22H21NO5/c1-23-21(24)16(10-14-8-6-5-7-9-14)17(22(23)25)11-15-12-18(26-2)20(28-4)19(13-15)27-3/h5-13H,1-4H3/b16-10+,17-11+.